The van der Waals surface area contributed by atoms with Crippen LogP contribution in [-0.4, -0.2) is 19.5 Å². The SMILES string of the molecule is Cc1ocnc1-c1nc2ccc(-n3ccc(OCc4ccc(F)cc4)cc3=O)cc2[nH]1. The van der Waals surface area contributed by atoms with Crippen molar-refractivity contribution in [3.63, 3.8) is 0 Å². The first-order chi connectivity index (χ1) is 15.1. The third kappa shape index (κ3) is 3.71. The molecule has 0 aliphatic heterocycles. The maximum Gasteiger partial charge on any atom is 0.258 e. The topological polar surface area (TPSA) is 85.9 Å². The smallest absolute Gasteiger partial charge is 0.258 e. The van der Waals surface area contributed by atoms with Crippen molar-refractivity contribution < 1.29 is 13.5 Å². The van der Waals surface area contributed by atoms with E-state index in [0.29, 0.717) is 28.7 Å². The monoisotopic (exact) mass is 416 g/mol. The number of ether oxygens (including phenoxy) is 1. The molecule has 0 unspecified atom stereocenters. The van der Waals surface area contributed by atoms with Crippen LogP contribution in [0.2, 0.25) is 0 Å². The van der Waals surface area contributed by atoms with Crippen LogP contribution in [-0.2, 0) is 6.61 Å². The maximum atomic E-state index is 13.0. The van der Waals surface area contributed by atoms with E-state index in [-0.39, 0.29) is 18.0 Å². The summed E-state index contributed by atoms with van der Waals surface area (Å²) in [5.41, 5.74) is 3.45. The Morgan fingerprint density at radius 2 is 1.97 bits per heavy atom. The Balaban J connectivity index is 1.39. The van der Waals surface area contributed by atoms with Crippen LogP contribution in [0.1, 0.15) is 11.3 Å². The molecular formula is C23H17FN4O3. The second-order valence-electron chi connectivity index (χ2n) is 7.03. The third-order valence-electron chi connectivity index (χ3n) is 4.92. The number of fused-ring (bicyclic) bond motifs is 1. The number of imidazole rings is 1. The van der Waals surface area contributed by atoms with Crippen LogP contribution < -0.4 is 10.3 Å². The Labute approximate surface area is 175 Å². The van der Waals surface area contributed by atoms with Gasteiger partial charge in [-0.3, -0.25) is 9.36 Å². The minimum Gasteiger partial charge on any atom is -0.489 e. The number of nitrogens with one attached hydrogen (secondary N) is 1. The Hall–Kier alpha value is -4.20. The van der Waals surface area contributed by atoms with Gasteiger partial charge in [-0.25, -0.2) is 14.4 Å². The maximum absolute atomic E-state index is 13.0. The summed E-state index contributed by atoms with van der Waals surface area (Å²) in [4.78, 5) is 24.6. The van der Waals surface area contributed by atoms with Gasteiger partial charge in [0.05, 0.1) is 16.7 Å². The van der Waals surface area contributed by atoms with Crippen LogP contribution in [0.5, 0.6) is 5.75 Å². The van der Waals surface area contributed by atoms with Crippen molar-refractivity contribution in [1.82, 2.24) is 19.5 Å². The lowest BCUT2D eigenvalue weighted by atomic mass is 10.2. The summed E-state index contributed by atoms with van der Waals surface area (Å²) in [7, 11) is 0. The summed E-state index contributed by atoms with van der Waals surface area (Å²) in [5.74, 6) is 1.42. The van der Waals surface area contributed by atoms with E-state index in [9.17, 15) is 9.18 Å². The summed E-state index contributed by atoms with van der Waals surface area (Å²) < 4.78 is 25.4. The Bertz CT molecular complexity index is 1430. The molecule has 5 rings (SSSR count). The van der Waals surface area contributed by atoms with Crippen molar-refractivity contribution in [3.8, 4) is 23.0 Å². The van der Waals surface area contributed by atoms with Gasteiger partial charge >= 0.3 is 0 Å². The summed E-state index contributed by atoms with van der Waals surface area (Å²) in [6, 6.07) is 14.7. The first kappa shape index (κ1) is 18.8. The predicted molar refractivity (Wildman–Crippen MR) is 113 cm³/mol. The zero-order valence-electron chi connectivity index (χ0n) is 16.5. The number of benzene rings is 2. The highest BCUT2D eigenvalue weighted by Crippen LogP contribution is 2.23. The van der Waals surface area contributed by atoms with Gasteiger partial charge in [0.1, 0.15) is 29.6 Å². The van der Waals surface area contributed by atoms with Gasteiger partial charge in [0.15, 0.2) is 12.2 Å². The van der Waals surface area contributed by atoms with Gasteiger partial charge in [-0.1, -0.05) is 12.1 Å². The number of aromatic amines is 1. The highest BCUT2D eigenvalue weighted by Gasteiger charge is 2.12. The minimum atomic E-state index is -0.302. The summed E-state index contributed by atoms with van der Waals surface area (Å²) in [6.45, 7) is 2.06. The van der Waals surface area contributed by atoms with E-state index in [1.807, 2.05) is 25.1 Å². The van der Waals surface area contributed by atoms with Crippen molar-refractivity contribution in [3.05, 3.63) is 94.7 Å². The van der Waals surface area contributed by atoms with E-state index in [0.717, 1.165) is 16.6 Å². The summed E-state index contributed by atoms with van der Waals surface area (Å²) in [5, 5.41) is 0. The standard InChI is InChI=1S/C23H17FN4O3/c1-14-22(25-13-31-14)23-26-19-7-6-17(10-20(19)27-23)28-9-8-18(11-21(28)29)30-12-15-2-4-16(24)5-3-15/h2-11,13H,12H2,1H3,(H,26,27). The molecule has 0 bridgehead atoms. The van der Waals surface area contributed by atoms with E-state index in [1.165, 1.54) is 29.2 Å². The number of pyridine rings is 1. The fraction of sp³-hybridized carbons (Fsp3) is 0.0870. The van der Waals surface area contributed by atoms with Gasteiger partial charge in [0.2, 0.25) is 0 Å². The molecule has 0 aliphatic rings. The van der Waals surface area contributed by atoms with E-state index in [2.05, 4.69) is 15.0 Å². The number of rotatable bonds is 5. The van der Waals surface area contributed by atoms with Crippen molar-refractivity contribution in [2.24, 2.45) is 0 Å². The van der Waals surface area contributed by atoms with Gasteiger partial charge in [0.25, 0.3) is 5.56 Å². The average molecular weight is 416 g/mol. The Morgan fingerprint density at radius 1 is 1.13 bits per heavy atom. The first-order valence-corrected chi connectivity index (χ1v) is 9.57. The molecule has 5 aromatic rings. The lowest BCUT2D eigenvalue weighted by Gasteiger charge is -2.09. The van der Waals surface area contributed by atoms with Crippen LogP contribution in [0.3, 0.4) is 0 Å². The fourth-order valence-electron chi connectivity index (χ4n) is 3.30. The predicted octanol–water partition coefficient (Wildman–Crippen LogP) is 4.40. The highest BCUT2D eigenvalue weighted by molar-refractivity contribution is 5.81. The second-order valence-corrected chi connectivity index (χ2v) is 7.03. The normalized spacial score (nSPS) is 11.2. The molecular weight excluding hydrogens is 399 g/mol. The number of hydrogen-bond donors (Lipinski definition) is 1. The molecule has 0 radical (unpaired) electrons. The molecule has 31 heavy (non-hydrogen) atoms. The van der Waals surface area contributed by atoms with Crippen LogP contribution in [0.15, 0.2) is 76.4 Å². The number of hydrogen-bond acceptors (Lipinski definition) is 5. The lowest BCUT2D eigenvalue weighted by molar-refractivity contribution is 0.305. The molecule has 0 amide bonds. The molecule has 0 saturated heterocycles. The fourth-order valence-corrected chi connectivity index (χ4v) is 3.30. The van der Waals surface area contributed by atoms with E-state index in [1.54, 1.807) is 24.4 Å². The third-order valence-corrected chi connectivity index (χ3v) is 4.92. The summed E-state index contributed by atoms with van der Waals surface area (Å²) in [6.07, 6.45) is 3.03. The number of aryl methyl sites for hydroxylation is 1. The van der Waals surface area contributed by atoms with Crippen LogP contribution in [0.25, 0.3) is 28.2 Å². The van der Waals surface area contributed by atoms with E-state index in [4.69, 9.17) is 9.15 Å². The zero-order valence-corrected chi connectivity index (χ0v) is 16.5. The summed E-state index contributed by atoms with van der Waals surface area (Å²) >= 11 is 0. The largest absolute Gasteiger partial charge is 0.489 e. The number of oxazole rings is 1. The molecule has 3 heterocycles. The quantitative estimate of drug-likeness (QED) is 0.459. The number of H-pyrrole nitrogens is 1. The molecule has 2 aromatic carbocycles. The van der Waals surface area contributed by atoms with Crippen molar-refractivity contribution in [2.45, 2.75) is 13.5 Å². The van der Waals surface area contributed by atoms with Crippen molar-refractivity contribution in [2.75, 3.05) is 0 Å². The molecule has 0 fully saturated rings. The first-order valence-electron chi connectivity index (χ1n) is 9.57. The van der Waals surface area contributed by atoms with Crippen LogP contribution >= 0.6 is 0 Å². The highest BCUT2D eigenvalue weighted by atomic mass is 19.1. The number of nitrogens with zero attached hydrogens (tertiary/aromatic N) is 3. The van der Waals surface area contributed by atoms with E-state index >= 15 is 0 Å². The molecule has 0 spiro atoms. The van der Waals surface area contributed by atoms with Gasteiger partial charge in [-0.2, -0.15) is 0 Å². The molecule has 154 valence electrons. The molecule has 0 aliphatic carbocycles. The molecule has 8 heteroatoms. The molecule has 7 nitrogen and oxygen atoms in total. The number of halogens is 1. The molecule has 0 atom stereocenters. The minimum absolute atomic E-state index is 0.233. The lowest BCUT2D eigenvalue weighted by Crippen LogP contribution is -2.16. The van der Waals surface area contributed by atoms with Crippen LogP contribution in [0, 0.1) is 12.7 Å². The number of aromatic nitrogens is 4. The average Bonchev–Trinajstić information content (AvgIpc) is 3.38. The van der Waals surface area contributed by atoms with Gasteiger partial charge in [0, 0.05) is 12.3 Å². The molecule has 0 saturated carbocycles. The van der Waals surface area contributed by atoms with E-state index < -0.39 is 0 Å². The molecule has 1 N–H and O–H groups in total. The Morgan fingerprint density at radius 3 is 2.71 bits per heavy atom. The zero-order chi connectivity index (χ0) is 21.4. The second kappa shape index (κ2) is 7.56. The van der Waals surface area contributed by atoms with Gasteiger partial charge in [-0.15, -0.1) is 0 Å². The van der Waals surface area contributed by atoms with Gasteiger partial charge in [-0.05, 0) is 48.9 Å². The van der Waals surface area contributed by atoms with Crippen molar-refractivity contribution in [1.29, 1.82) is 0 Å². The van der Waals surface area contributed by atoms with Crippen LogP contribution in [0.4, 0.5) is 4.39 Å². The van der Waals surface area contributed by atoms with Crippen molar-refractivity contribution >= 4 is 11.0 Å². The molecule has 3 aromatic heterocycles. The van der Waals surface area contributed by atoms with Gasteiger partial charge < -0.3 is 14.1 Å². The Kier molecular flexibility index (Phi) is 4.59.